The Morgan fingerprint density at radius 3 is 1.95 bits per heavy atom. The Kier molecular flexibility index (Phi) is 9.87. The number of carbonyl (C=O) groups excluding carboxylic acids is 1. The van der Waals surface area contributed by atoms with Gasteiger partial charge in [0.1, 0.15) is 0 Å². The summed E-state index contributed by atoms with van der Waals surface area (Å²) in [6, 6.07) is 10.2. The van der Waals surface area contributed by atoms with E-state index in [4.69, 9.17) is 16.6 Å². The number of nitrogens with two attached hydrogens (primary N) is 2. The van der Waals surface area contributed by atoms with Crippen molar-refractivity contribution in [2.24, 2.45) is 23.3 Å². The summed E-state index contributed by atoms with van der Waals surface area (Å²) in [6.07, 6.45) is 0.931. The number of amides is 1. The number of carboxylic acid groups (broad SMARTS) is 1. The number of primary amides is 1. The molecule has 0 spiro atoms. The molecule has 22 heavy (non-hydrogen) atoms. The lowest BCUT2D eigenvalue weighted by atomic mass is 9.91. The highest BCUT2D eigenvalue weighted by atomic mass is 16.4. The maximum atomic E-state index is 10.6. The quantitative estimate of drug-likeness (QED) is 0.720. The van der Waals surface area contributed by atoms with Gasteiger partial charge in [0.05, 0.1) is 0 Å². The predicted molar refractivity (Wildman–Crippen MR) is 88.1 cm³/mol. The van der Waals surface area contributed by atoms with Gasteiger partial charge in [-0.1, -0.05) is 44.2 Å². The molecule has 5 N–H and O–H groups in total. The molecule has 0 unspecified atom stereocenters. The summed E-state index contributed by atoms with van der Waals surface area (Å²) in [5.74, 6) is -1.02. The van der Waals surface area contributed by atoms with Gasteiger partial charge in [-0.15, -0.1) is 0 Å². The molecule has 2 atom stereocenters. The van der Waals surface area contributed by atoms with Crippen LogP contribution in [-0.4, -0.2) is 17.0 Å². The van der Waals surface area contributed by atoms with Crippen molar-refractivity contribution in [2.75, 3.05) is 0 Å². The van der Waals surface area contributed by atoms with Gasteiger partial charge in [0.15, 0.2) is 0 Å². The number of aliphatic carboxylic acids is 1. The Hall–Kier alpha value is -1.88. The highest BCUT2D eigenvalue weighted by molar-refractivity contribution is 5.75. The van der Waals surface area contributed by atoms with Gasteiger partial charge < -0.3 is 16.6 Å². The lowest BCUT2D eigenvalue weighted by Crippen LogP contribution is -2.19. The average Bonchev–Trinajstić information content (AvgIpc) is 2.38. The van der Waals surface area contributed by atoms with E-state index in [1.165, 1.54) is 5.56 Å². The molecule has 1 amide bonds. The summed E-state index contributed by atoms with van der Waals surface area (Å²) < 4.78 is 0. The molecule has 0 saturated carbocycles. The summed E-state index contributed by atoms with van der Waals surface area (Å²) in [4.78, 5) is 21.0. The zero-order chi connectivity index (χ0) is 17.1. The molecule has 5 heteroatoms. The number of rotatable bonds is 7. The zero-order valence-corrected chi connectivity index (χ0v) is 13.7. The third kappa shape index (κ3) is 10.9. The van der Waals surface area contributed by atoms with Gasteiger partial charge in [-0.05, 0) is 30.7 Å². The van der Waals surface area contributed by atoms with Crippen molar-refractivity contribution in [1.82, 2.24) is 0 Å². The number of hydrogen-bond donors (Lipinski definition) is 3. The summed E-state index contributed by atoms with van der Waals surface area (Å²) in [6.45, 7) is 5.97. The normalized spacial score (nSPS) is 13.0. The molecule has 1 aromatic rings. The topological polar surface area (TPSA) is 106 Å². The van der Waals surface area contributed by atoms with E-state index in [-0.39, 0.29) is 24.8 Å². The van der Waals surface area contributed by atoms with Gasteiger partial charge in [-0.25, -0.2) is 0 Å². The monoisotopic (exact) mass is 308 g/mol. The highest BCUT2D eigenvalue weighted by Gasteiger charge is 2.16. The maximum Gasteiger partial charge on any atom is 0.303 e. The Balaban J connectivity index is 0.000000425. The molecule has 0 aliphatic heterocycles. The van der Waals surface area contributed by atoms with E-state index in [2.05, 4.69) is 0 Å². The van der Waals surface area contributed by atoms with E-state index >= 15 is 0 Å². The largest absolute Gasteiger partial charge is 0.481 e. The van der Waals surface area contributed by atoms with Gasteiger partial charge in [0.2, 0.25) is 5.91 Å². The number of hydrogen-bond acceptors (Lipinski definition) is 3. The fraction of sp³-hybridized carbons (Fsp3) is 0.529. The molecule has 0 aromatic heterocycles. The fourth-order valence-electron chi connectivity index (χ4n) is 2.19. The first-order chi connectivity index (χ1) is 10.2. The third-order valence-electron chi connectivity index (χ3n) is 3.08. The first-order valence-electron chi connectivity index (χ1n) is 7.53. The molecule has 1 rings (SSSR count). The Bertz CT molecular complexity index is 428. The molecule has 124 valence electrons. The van der Waals surface area contributed by atoms with Crippen LogP contribution in [0.2, 0.25) is 0 Å². The lowest BCUT2D eigenvalue weighted by Gasteiger charge is -2.14. The van der Waals surface area contributed by atoms with E-state index in [1.807, 2.05) is 51.1 Å². The minimum Gasteiger partial charge on any atom is -0.481 e. The standard InChI is InChI=1S/C9H17NO3.C8H11N/c1-6(2)3-7(4-8(10)11)5-9(12)13;1-7(9)8-5-3-2-4-6-8/h6-7H,3-5H2,1-2H3,(H2,10,11)(H,12,13);2-7H,9H2,1H3/t2*7-/m11/s1. The molecule has 0 aliphatic carbocycles. The SMILES string of the molecule is CC(C)C[C@H](CC(N)=O)CC(=O)O.C[C@@H](N)c1ccccc1. The first kappa shape index (κ1) is 20.1. The summed E-state index contributed by atoms with van der Waals surface area (Å²) >= 11 is 0. The minimum absolute atomic E-state index is 0.0289. The number of carboxylic acids is 1. The van der Waals surface area contributed by atoms with Crippen LogP contribution < -0.4 is 11.5 Å². The third-order valence-corrected chi connectivity index (χ3v) is 3.08. The Morgan fingerprint density at radius 1 is 1.09 bits per heavy atom. The van der Waals surface area contributed by atoms with Crippen molar-refractivity contribution >= 4 is 11.9 Å². The number of benzene rings is 1. The van der Waals surface area contributed by atoms with Crippen LogP contribution in [0.15, 0.2) is 30.3 Å². The molecule has 0 radical (unpaired) electrons. The van der Waals surface area contributed by atoms with E-state index in [1.54, 1.807) is 0 Å². The van der Waals surface area contributed by atoms with Crippen molar-refractivity contribution in [3.8, 4) is 0 Å². The second-order valence-electron chi connectivity index (χ2n) is 5.96. The maximum absolute atomic E-state index is 10.6. The van der Waals surface area contributed by atoms with Crippen LogP contribution in [0.5, 0.6) is 0 Å². The zero-order valence-electron chi connectivity index (χ0n) is 13.7. The van der Waals surface area contributed by atoms with Crippen molar-refractivity contribution in [3.05, 3.63) is 35.9 Å². The van der Waals surface area contributed by atoms with Crippen molar-refractivity contribution in [3.63, 3.8) is 0 Å². The smallest absolute Gasteiger partial charge is 0.303 e. The van der Waals surface area contributed by atoms with Crippen LogP contribution in [0.3, 0.4) is 0 Å². The summed E-state index contributed by atoms with van der Waals surface area (Å²) in [5, 5.41) is 8.56. The Morgan fingerprint density at radius 2 is 1.64 bits per heavy atom. The van der Waals surface area contributed by atoms with E-state index in [0.29, 0.717) is 5.92 Å². The fourth-order valence-corrected chi connectivity index (χ4v) is 2.19. The molecular weight excluding hydrogens is 280 g/mol. The first-order valence-corrected chi connectivity index (χ1v) is 7.53. The molecule has 1 aromatic carbocycles. The van der Waals surface area contributed by atoms with E-state index in [9.17, 15) is 9.59 Å². The minimum atomic E-state index is -0.869. The second-order valence-corrected chi connectivity index (χ2v) is 5.96. The van der Waals surface area contributed by atoms with Gasteiger partial charge in [0.25, 0.3) is 0 Å². The molecule has 5 nitrogen and oxygen atoms in total. The van der Waals surface area contributed by atoms with Gasteiger partial charge in [-0.2, -0.15) is 0 Å². The van der Waals surface area contributed by atoms with Crippen LogP contribution in [0.25, 0.3) is 0 Å². The Labute approximate surface area is 132 Å². The molecule has 0 heterocycles. The van der Waals surface area contributed by atoms with Crippen LogP contribution in [0.1, 0.15) is 51.6 Å². The lowest BCUT2D eigenvalue weighted by molar-refractivity contribution is -0.138. The van der Waals surface area contributed by atoms with Crippen LogP contribution >= 0.6 is 0 Å². The molecule has 0 saturated heterocycles. The molecule has 0 aliphatic rings. The van der Waals surface area contributed by atoms with Crippen LogP contribution in [0, 0.1) is 11.8 Å². The highest BCUT2D eigenvalue weighted by Crippen LogP contribution is 2.18. The molecule has 0 bridgehead atoms. The second kappa shape index (κ2) is 10.8. The van der Waals surface area contributed by atoms with Gasteiger partial charge >= 0.3 is 5.97 Å². The van der Waals surface area contributed by atoms with Crippen LogP contribution in [-0.2, 0) is 9.59 Å². The predicted octanol–water partition coefficient (Wildman–Crippen LogP) is 2.71. The summed E-state index contributed by atoms with van der Waals surface area (Å²) in [5.41, 5.74) is 11.8. The van der Waals surface area contributed by atoms with Crippen molar-refractivity contribution < 1.29 is 14.7 Å². The summed E-state index contributed by atoms with van der Waals surface area (Å²) in [7, 11) is 0. The van der Waals surface area contributed by atoms with E-state index < -0.39 is 11.9 Å². The van der Waals surface area contributed by atoms with E-state index in [0.717, 1.165) is 6.42 Å². The molecule has 0 fully saturated rings. The van der Waals surface area contributed by atoms with Crippen molar-refractivity contribution in [1.29, 1.82) is 0 Å². The van der Waals surface area contributed by atoms with Crippen molar-refractivity contribution in [2.45, 2.75) is 46.1 Å². The number of carbonyl (C=O) groups is 2. The molecular formula is C17H28N2O3. The average molecular weight is 308 g/mol. The van der Waals surface area contributed by atoms with Gasteiger partial charge in [-0.3, -0.25) is 9.59 Å². The van der Waals surface area contributed by atoms with Gasteiger partial charge in [0, 0.05) is 18.9 Å². The van der Waals surface area contributed by atoms with Crippen LogP contribution in [0.4, 0.5) is 0 Å².